The third-order valence-electron chi connectivity index (χ3n) is 3.97. The highest BCUT2D eigenvalue weighted by Gasteiger charge is 2.20. The van der Waals surface area contributed by atoms with Crippen LogP contribution in [0.4, 0.5) is 5.69 Å². The maximum absolute atomic E-state index is 12.6. The summed E-state index contributed by atoms with van der Waals surface area (Å²) in [4.78, 5) is 12.6. The monoisotopic (exact) mass is 442 g/mol. The Hall–Kier alpha value is -1.27. The highest BCUT2D eigenvalue weighted by molar-refractivity contribution is 9.09. The zero-order valence-electron chi connectivity index (χ0n) is 13.4. The second-order valence-corrected chi connectivity index (χ2v) is 7.20. The van der Waals surface area contributed by atoms with Gasteiger partial charge in [0, 0.05) is 22.5 Å². The molecule has 0 atom stereocenters. The molecule has 0 radical (unpaired) electrons. The molecule has 0 aliphatic carbocycles. The van der Waals surface area contributed by atoms with Crippen molar-refractivity contribution in [3.63, 3.8) is 0 Å². The fourth-order valence-corrected chi connectivity index (χ4v) is 3.53. The molecule has 0 bridgehead atoms. The number of carbonyl (C=O) groups is 1. The first-order valence-corrected chi connectivity index (χ1v) is 9.78. The van der Waals surface area contributed by atoms with Crippen molar-refractivity contribution in [2.24, 2.45) is 0 Å². The lowest BCUT2D eigenvalue weighted by atomic mass is 10.00. The topological polar surface area (TPSA) is 50.4 Å². The number of amides is 1. The van der Waals surface area contributed by atoms with Crippen molar-refractivity contribution in [2.45, 2.75) is 13.0 Å². The van der Waals surface area contributed by atoms with Crippen LogP contribution in [0.1, 0.15) is 21.5 Å². The predicted molar refractivity (Wildman–Crippen MR) is 106 cm³/mol. The standard InChI is InChI=1S/C18H17BrCl2N2O2/c19-5-7-25-12-3-1-2-11(8-12)18(24)23-16-9-15(20)13-4-6-22-10-14(13)17(16)21/h1-3,8-9,22H,4-7,10H2,(H,23,24). The Balaban J connectivity index is 1.83. The Morgan fingerprint density at radius 1 is 1.28 bits per heavy atom. The van der Waals surface area contributed by atoms with Crippen molar-refractivity contribution < 1.29 is 9.53 Å². The van der Waals surface area contributed by atoms with Crippen molar-refractivity contribution in [1.82, 2.24) is 5.32 Å². The van der Waals surface area contributed by atoms with Gasteiger partial charge in [0.05, 0.1) is 17.3 Å². The molecular formula is C18H17BrCl2N2O2. The number of rotatable bonds is 5. The molecule has 2 N–H and O–H groups in total. The van der Waals surface area contributed by atoms with E-state index in [1.54, 1.807) is 24.3 Å². The van der Waals surface area contributed by atoms with E-state index in [0.717, 1.165) is 29.4 Å². The third-order valence-corrected chi connectivity index (χ3v) is 5.06. The number of hydrogen-bond donors (Lipinski definition) is 2. The van der Waals surface area contributed by atoms with Gasteiger partial charge in [0.2, 0.25) is 0 Å². The normalized spacial score (nSPS) is 13.2. The number of benzene rings is 2. The minimum absolute atomic E-state index is 0.258. The minimum atomic E-state index is -0.258. The zero-order valence-corrected chi connectivity index (χ0v) is 16.5. The summed E-state index contributed by atoms with van der Waals surface area (Å²) >= 11 is 16.2. The van der Waals surface area contributed by atoms with Crippen molar-refractivity contribution in [2.75, 3.05) is 23.8 Å². The second kappa shape index (κ2) is 8.41. The SMILES string of the molecule is O=C(Nc1cc(Cl)c2c(c1Cl)CNCC2)c1cccc(OCCBr)c1. The van der Waals surface area contributed by atoms with Crippen molar-refractivity contribution in [1.29, 1.82) is 0 Å². The maximum Gasteiger partial charge on any atom is 0.255 e. The summed E-state index contributed by atoms with van der Waals surface area (Å²) in [6.45, 7) is 2.05. The average molecular weight is 444 g/mol. The van der Waals surface area contributed by atoms with Crippen molar-refractivity contribution >= 4 is 50.7 Å². The predicted octanol–water partition coefficient (Wildman–Crippen LogP) is 4.67. The lowest BCUT2D eigenvalue weighted by Crippen LogP contribution is -2.25. The van der Waals surface area contributed by atoms with E-state index in [2.05, 4.69) is 26.6 Å². The first-order chi connectivity index (χ1) is 12.1. The van der Waals surface area contributed by atoms with Gasteiger partial charge in [-0.2, -0.15) is 0 Å². The Morgan fingerprint density at radius 3 is 2.92 bits per heavy atom. The van der Waals surface area contributed by atoms with E-state index in [9.17, 15) is 4.79 Å². The number of halogens is 3. The highest BCUT2D eigenvalue weighted by atomic mass is 79.9. The van der Waals surface area contributed by atoms with Gasteiger partial charge < -0.3 is 15.4 Å². The first kappa shape index (κ1) is 18.5. The van der Waals surface area contributed by atoms with E-state index in [-0.39, 0.29) is 5.91 Å². The summed E-state index contributed by atoms with van der Waals surface area (Å²) in [5.74, 6) is 0.386. The van der Waals surface area contributed by atoms with E-state index in [1.165, 1.54) is 0 Å². The zero-order chi connectivity index (χ0) is 17.8. The molecule has 1 aliphatic heterocycles. The molecule has 2 aromatic rings. The summed E-state index contributed by atoms with van der Waals surface area (Å²) in [7, 11) is 0. The summed E-state index contributed by atoms with van der Waals surface area (Å²) in [5, 5.41) is 8.01. The molecule has 0 aromatic heterocycles. The quantitative estimate of drug-likeness (QED) is 0.660. The minimum Gasteiger partial charge on any atom is -0.493 e. The van der Waals surface area contributed by atoms with E-state index in [1.807, 2.05) is 6.07 Å². The Labute approximate surface area is 165 Å². The number of nitrogens with one attached hydrogen (secondary N) is 2. The molecular weight excluding hydrogens is 427 g/mol. The number of hydrogen-bond acceptors (Lipinski definition) is 3. The molecule has 132 valence electrons. The number of ether oxygens (including phenoxy) is 1. The second-order valence-electron chi connectivity index (χ2n) is 5.62. The van der Waals surface area contributed by atoms with Crippen LogP contribution < -0.4 is 15.4 Å². The van der Waals surface area contributed by atoms with Crippen LogP contribution in [0.25, 0.3) is 0 Å². The van der Waals surface area contributed by atoms with E-state index < -0.39 is 0 Å². The molecule has 7 heteroatoms. The van der Waals surface area contributed by atoms with Crippen LogP contribution in [-0.2, 0) is 13.0 Å². The van der Waals surface area contributed by atoms with Gasteiger partial charge in [-0.25, -0.2) is 0 Å². The Kier molecular flexibility index (Phi) is 6.23. The molecule has 1 aliphatic rings. The van der Waals surface area contributed by atoms with Crippen LogP contribution in [0.15, 0.2) is 30.3 Å². The molecule has 0 fully saturated rings. The van der Waals surface area contributed by atoms with Gasteiger partial charge in [0.25, 0.3) is 5.91 Å². The van der Waals surface area contributed by atoms with E-state index in [4.69, 9.17) is 27.9 Å². The van der Waals surface area contributed by atoms with Gasteiger partial charge in [0.15, 0.2) is 0 Å². The van der Waals surface area contributed by atoms with Gasteiger partial charge in [-0.3, -0.25) is 4.79 Å². The summed E-state index contributed by atoms with van der Waals surface area (Å²) in [6.07, 6.45) is 0.828. The highest BCUT2D eigenvalue weighted by Crippen LogP contribution is 2.36. The molecule has 0 saturated heterocycles. The van der Waals surface area contributed by atoms with Gasteiger partial charge in [0.1, 0.15) is 5.75 Å². The van der Waals surface area contributed by atoms with Crippen molar-refractivity contribution in [3.05, 3.63) is 57.1 Å². The lowest BCUT2D eigenvalue weighted by molar-refractivity contribution is 0.102. The molecule has 0 unspecified atom stereocenters. The van der Waals surface area contributed by atoms with Crippen LogP contribution in [0.2, 0.25) is 10.0 Å². The van der Waals surface area contributed by atoms with Crippen molar-refractivity contribution in [3.8, 4) is 5.75 Å². The van der Waals surface area contributed by atoms with Gasteiger partial charge in [-0.1, -0.05) is 45.2 Å². The number of alkyl halides is 1. The molecule has 0 saturated carbocycles. The Bertz CT molecular complexity index is 799. The first-order valence-electron chi connectivity index (χ1n) is 7.91. The van der Waals surface area contributed by atoms with E-state index >= 15 is 0 Å². The fraction of sp³-hybridized carbons (Fsp3) is 0.278. The molecule has 25 heavy (non-hydrogen) atoms. The maximum atomic E-state index is 12.6. The van der Waals surface area contributed by atoms with Crippen LogP contribution in [0.5, 0.6) is 5.75 Å². The number of fused-ring (bicyclic) bond motifs is 1. The largest absolute Gasteiger partial charge is 0.493 e. The molecule has 1 amide bonds. The van der Waals surface area contributed by atoms with Gasteiger partial charge >= 0.3 is 0 Å². The Morgan fingerprint density at radius 2 is 2.12 bits per heavy atom. The number of carbonyl (C=O) groups excluding carboxylic acids is 1. The molecule has 3 rings (SSSR count). The fourth-order valence-electron chi connectivity index (χ4n) is 2.77. The average Bonchev–Trinajstić information content (AvgIpc) is 2.64. The van der Waals surface area contributed by atoms with Crippen LogP contribution in [-0.4, -0.2) is 24.4 Å². The summed E-state index contributed by atoms with van der Waals surface area (Å²) in [5.41, 5.74) is 3.01. The van der Waals surface area contributed by atoms with Gasteiger partial charge in [-0.15, -0.1) is 0 Å². The smallest absolute Gasteiger partial charge is 0.255 e. The summed E-state index contributed by atoms with van der Waals surface area (Å²) < 4.78 is 5.53. The van der Waals surface area contributed by atoms with E-state index in [0.29, 0.717) is 40.2 Å². The van der Waals surface area contributed by atoms with Crippen LogP contribution in [0.3, 0.4) is 0 Å². The summed E-state index contributed by atoms with van der Waals surface area (Å²) in [6, 6.07) is 8.74. The lowest BCUT2D eigenvalue weighted by Gasteiger charge is -2.22. The molecule has 0 spiro atoms. The molecule has 2 aromatic carbocycles. The molecule has 1 heterocycles. The van der Waals surface area contributed by atoms with Crippen LogP contribution >= 0.6 is 39.1 Å². The van der Waals surface area contributed by atoms with Gasteiger partial charge in [-0.05, 0) is 48.4 Å². The van der Waals surface area contributed by atoms with Crippen LogP contribution in [0, 0.1) is 0 Å². The third kappa shape index (κ3) is 4.29. The number of anilines is 1. The molecule has 4 nitrogen and oxygen atoms in total.